The van der Waals surface area contributed by atoms with E-state index in [0.29, 0.717) is 19.0 Å². The maximum Gasteiger partial charge on any atom is 0.411 e. The number of fused-ring (bicyclic) bond motifs is 1. The Morgan fingerprint density at radius 2 is 1.95 bits per heavy atom. The summed E-state index contributed by atoms with van der Waals surface area (Å²) in [4.78, 5) is 14.1. The summed E-state index contributed by atoms with van der Waals surface area (Å²) in [5.74, 6) is 0.418. The topological polar surface area (TPSA) is 93.5 Å². The highest BCUT2D eigenvalue weighted by molar-refractivity contribution is 5.71. The highest BCUT2D eigenvalue weighted by Gasteiger charge is 2.39. The number of hydrogen-bond donors (Lipinski definition) is 2. The van der Waals surface area contributed by atoms with Gasteiger partial charge in [0.2, 0.25) is 0 Å². The van der Waals surface area contributed by atoms with Gasteiger partial charge in [0, 0.05) is 5.56 Å². The second-order valence-electron chi connectivity index (χ2n) is 7.55. The summed E-state index contributed by atoms with van der Waals surface area (Å²) in [6.07, 6.45) is -0.376. The van der Waals surface area contributed by atoms with Gasteiger partial charge in [0.1, 0.15) is 11.6 Å². The second kappa shape index (κ2) is 5.46. The van der Waals surface area contributed by atoms with Crippen molar-refractivity contribution in [3.05, 3.63) is 11.3 Å². The number of anilines is 1. The molecule has 1 unspecified atom stereocenters. The van der Waals surface area contributed by atoms with E-state index < -0.39 is 5.60 Å². The molecule has 0 aromatic carbocycles. The molecule has 0 aliphatic carbocycles. The molecule has 1 aromatic heterocycles. The van der Waals surface area contributed by atoms with Crippen LogP contribution in [0.5, 0.6) is 0 Å². The molecular weight excluding hydrogens is 284 g/mol. The lowest BCUT2D eigenvalue weighted by atomic mass is 10.1. The molecule has 2 rings (SSSR count). The van der Waals surface area contributed by atoms with Gasteiger partial charge in [-0.25, -0.2) is 4.79 Å². The summed E-state index contributed by atoms with van der Waals surface area (Å²) in [6.45, 7) is 12.2. The third-order valence-electron chi connectivity index (χ3n) is 3.27. The van der Waals surface area contributed by atoms with Crippen molar-refractivity contribution in [2.24, 2.45) is 0 Å². The summed E-state index contributed by atoms with van der Waals surface area (Å²) < 4.78 is 11.3. The number of H-pyrrole nitrogens is 1. The fraction of sp³-hybridized carbons (Fsp3) is 0.733. The van der Waals surface area contributed by atoms with Crippen molar-refractivity contribution in [1.82, 2.24) is 15.1 Å². The van der Waals surface area contributed by atoms with Crippen LogP contribution < -0.4 is 5.73 Å². The predicted molar refractivity (Wildman–Crippen MR) is 83.2 cm³/mol. The molecular formula is C15H26N4O3. The van der Waals surface area contributed by atoms with Gasteiger partial charge in [-0.15, -0.1) is 0 Å². The van der Waals surface area contributed by atoms with E-state index in [1.165, 1.54) is 0 Å². The molecule has 2 heterocycles. The quantitative estimate of drug-likeness (QED) is 0.875. The molecule has 0 fully saturated rings. The number of aromatic nitrogens is 2. The Labute approximate surface area is 131 Å². The maximum atomic E-state index is 12.4. The smallest absolute Gasteiger partial charge is 0.411 e. The van der Waals surface area contributed by atoms with Gasteiger partial charge in [-0.3, -0.25) is 10.00 Å². The van der Waals surface area contributed by atoms with Crippen LogP contribution in [-0.2, 0) is 16.0 Å². The number of carbonyl (C=O) groups is 1. The number of nitrogen functional groups attached to an aromatic ring is 1. The third-order valence-corrected chi connectivity index (χ3v) is 3.27. The molecule has 7 nitrogen and oxygen atoms in total. The zero-order valence-corrected chi connectivity index (χ0v) is 14.2. The van der Waals surface area contributed by atoms with Crippen LogP contribution in [0.1, 0.15) is 58.8 Å². The van der Waals surface area contributed by atoms with E-state index in [1.54, 1.807) is 4.90 Å². The summed E-state index contributed by atoms with van der Waals surface area (Å²) in [5.41, 5.74) is 6.68. The maximum absolute atomic E-state index is 12.4. The lowest BCUT2D eigenvalue weighted by molar-refractivity contribution is -0.0414. The van der Waals surface area contributed by atoms with Crippen molar-refractivity contribution in [2.75, 3.05) is 12.3 Å². The standard InChI is InChI=1S/C15H26N4O3/c1-14(2,3)21-8-10-11-9(12(16)18-17-11)7-19(10)13(20)22-15(4,5)6/h10H,7-8H2,1-6H3,(H3,16,17,18). The fourth-order valence-corrected chi connectivity index (χ4v) is 2.29. The first-order chi connectivity index (χ1) is 9.98. The van der Waals surface area contributed by atoms with Crippen molar-refractivity contribution in [1.29, 1.82) is 0 Å². The number of rotatable bonds is 2. The van der Waals surface area contributed by atoms with Crippen LogP contribution >= 0.6 is 0 Å². The number of nitrogens with two attached hydrogens (primary N) is 1. The van der Waals surface area contributed by atoms with Crippen LogP contribution in [0, 0.1) is 0 Å². The molecule has 3 N–H and O–H groups in total. The van der Waals surface area contributed by atoms with Crippen LogP contribution in [0.3, 0.4) is 0 Å². The number of aromatic amines is 1. The fourth-order valence-electron chi connectivity index (χ4n) is 2.29. The molecule has 0 radical (unpaired) electrons. The van der Waals surface area contributed by atoms with E-state index in [2.05, 4.69) is 10.2 Å². The van der Waals surface area contributed by atoms with E-state index in [1.807, 2.05) is 41.5 Å². The molecule has 0 saturated heterocycles. The molecule has 1 aromatic rings. The van der Waals surface area contributed by atoms with Gasteiger partial charge in [-0.05, 0) is 41.5 Å². The zero-order chi connectivity index (χ0) is 16.7. The van der Waals surface area contributed by atoms with Gasteiger partial charge < -0.3 is 15.2 Å². The lowest BCUT2D eigenvalue weighted by Crippen LogP contribution is -2.38. The van der Waals surface area contributed by atoms with E-state index in [0.717, 1.165) is 11.3 Å². The van der Waals surface area contributed by atoms with Crippen LogP contribution in [0.25, 0.3) is 0 Å². The van der Waals surface area contributed by atoms with E-state index in [-0.39, 0.29) is 17.7 Å². The largest absolute Gasteiger partial charge is 0.444 e. The van der Waals surface area contributed by atoms with Gasteiger partial charge in [0.05, 0.1) is 24.4 Å². The van der Waals surface area contributed by atoms with Gasteiger partial charge in [0.15, 0.2) is 5.82 Å². The second-order valence-corrected chi connectivity index (χ2v) is 7.55. The minimum atomic E-state index is -0.549. The van der Waals surface area contributed by atoms with Crippen LogP contribution in [0.2, 0.25) is 0 Å². The van der Waals surface area contributed by atoms with Crippen molar-refractivity contribution in [2.45, 2.75) is 65.3 Å². The normalized spacial score (nSPS) is 18.5. The Kier molecular flexibility index (Phi) is 4.12. The van der Waals surface area contributed by atoms with Crippen molar-refractivity contribution < 1.29 is 14.3 Å². The van der Waals surface area contributed by atoms with Gasteiger partial charge in [-0.2, -0.15) is 5.10 Å². The number of amides is 1. The van der Waals surface area contributed by atoms with Gasteiger partial charge in [0.25, 0.3) is 0 Å². The monoisotopic (exact) mass is 310 g/mol. The summed E-state index contributed by atoms with van der Waals surface area (Å²) in [5, 5.41) is 6.94. The summed E-state index contributed by atoms with van der Waals surface area (Å²) in [6, 6.07) is -0.270. The number of carbonyl (C=O) groups excluding carboxylic acids is 1. The molecule has 0 spiro atoms. The highest BCUT2D eigenvalue weighted by atomic mass is 16.6. The van der Waals surface area contributed by atoms with Crippen LogP contribution in [0.15, 0.2) is 0 Å². The Hall–Kier alpha value is -1.76. The van der Waals surface area contributed by atoms with Crippen molar-refractivity contribution >= 4 is 11.9 Å². The lowest BCUT2D eigenvalue weighted by Gasteiger charge is -2.30. The first-order valence-electron chi connectivity index (χ1n) is 7.44. The van der Waals surface area contributed by atoms with Gasteiger partial charge >= 0.3 is 6.09 Å². The summed E-state index contributed by atoms with van der Waals surface area (Å²) in [7, 11) is 0. The number of hydrogen-bond acceptors (Lipinski definition) is 5. The zero-order valence-electron chi connectivity index (χ0n) is 14.2. The molecule has 1 atom stereocenters. The first kappa shape index (κ1) is 16.6. The van der Waals surface area contributed by atoms with Crippen LogP contribution in [0.4, 0.5) is 10.6 Å². The number of nitrogens with zero attached hydrogens (tertiary/aromatic N) is 2. The minimum absolute atomic E-state index is 0.270. The molecule has 1 amide bonds. The van der Waals surface area contributed by atoms with Crippen LogP contribution in [-0.4, -0.2) is 39.0 Å². The van der Waals surface area contributed by atoms with E-state index >= 15 is 0 Å². The highest BCUT2D eigenvalue weighted by Crippen LogP contribution is 2.36. The van der Waals surface area contributed by atoms with Gasteiger partial charge in [-0.1, -0.05) is 0 Å². The molecule has 124 valence electrons. The molecule has 1 aliphatic rings. The Balaban J connectivity index is 2.20. The number of ether oxygens (including phenoxy) is 2. The predicted octanol–water partition coefficient (Wildman–Crippen LogP) is 2.60. The Morgan fingerprint density at radius 1 is 1.32 bits per heavy atom. The average molecular weight is 310 g/mol. The van der Waals surface area contributed by atoms with Crippen molar-refractivity contribution in [3.8, 4) is 0 Å². The molecule has 22 heavy (non-hydrogen) atoms. The number of nitrogens with one attached hydrogen (secondary N) is 1. The third kappa shape index (κ3) is 3.71. The molecule has 1 aliphatic heterocycles. The first-order valence-corrected chi connectivity index (χ1v) is 7.44. The summed E-state index contributed by atoms with van der Waals surface area (Å²) >= 11 is 0. The minimum Gasteiger partial charge on any atom is -0.444 e. The molecule has 0 saturated carbocycles. The molecule has 0 bridgehead atoms. The Bertz CT molecular complexity index is 554. The Morgan fingerprint density at radius 3 is 2.50 bits per heavy atom. The average Bonchev–Trinajstić information content (AvgIpc) is 2.84. The SMILES string of the molecule is CC(C)(C)OCC1c2[nH]nc(N)c2CN1C(=O)OC(C)(C)C. The molecule has 7 heteroatoms. The van der Waals surface area contributed by atoms with E-state index in [4.69, 9.17) is 15.2 Å². The van der Waals surface area contributed by atoms with E-state index in [9.17, 15) is 4.79 Å². The van der Waals surface area contributed by atoms with Crippen molar-refractivity contribution in [3.63, 3.8) is 0 Å².